The van der Waals surface area contributed by atoms with Crippen molar-refractivity contribution < 1.29 is 18.0 Å². The number of fused-ring (bicyclic) bond motifs is 1. The third-order valence-corrected chi connectivity index (χ3v) is 2.31. The lowest BCUT2D eigenvalue weighted by atomic mass is 10.4. The minimum Gasteiger partial charge on any atom is -0.376 e. The van der Waals surface area contributed by atoms with Crippen molar-refractivity contribution in [3.8, 4) is 0 Å². The van der Waals surface area contributed by atoms with E-state index in [4.69, 9.17) is 0 Å². The van der Waals surface area contributed by atoms with Crippen molar-refractivity contribution >= 4 is 23.2 Å². The molecule has 102 valence electrons. The number of hydrogen-bond acceptors (Lipinski definition) is 4. The highest BCUT2D eigenvalue weighted by molar-refractivity contribution is 5.93. The molecule has 9 heteroatoms. The molecule has 2 aromatic heterocycles. The van der Waals surface area contributed by atoms with Crippen LogP contribution in [0.2, 0.25) is 0 Å². The number of pyridine rings is 1. The summed E-state index contributed by atoms with van der Waals surface area (Å²) in [6.07, 6.45) is -3.38. The predicted molar refractivity (Wildman–Crippen MR) is 62.0 cm³/mol. The van der Waals surface area contributed by atoms with E-state index in [-0.39, 0.29) is 0 Å². The van der Waals surface area contributed by atoms with Crippen molar-refractivity contribution in [3.05, 3.63) is 18.3 Å². The summed E-state index contributed by atoms with van der Waals surface area (Å²) in [6.45, 7) is 0. The Morgan fingerprint density at radius 1 is 1.37 bits per heavy atom. The molecule has 0 bridgehead atoms. The van der Waals surface area contributed by atoms with E-state index < -0.39 is 18.0 Å². The average molecular weight is 273 g/mol. The summed E-state index contributed by atoms with van der Waals surface area (Å²) in [6, 6.07) is 3.32. The Bertz CT molecular complexity index is 619. The molecule has 1 amide bonds. The first-order valence-corrected chi connectivity index (χ1v) is 5.19. The Balaban J connectivity index is 2.29. The molecule has 1 N–H and O–H groups in total. The Kier molecular flexibility index (Phi) is 3.05. The van der Waals surface area contributed by atoms with E-state index in [2.05, 4.69) is 10.1 Å². The van der Waals surface area contributed by atoms with Crippen molar-refractivity contribution in [2.45, 2.75) is 6.18 Å². The largest absolute Gasteiger partial charge is 0.471 e. The van der Waals surface area contributed by atoms with Gasteiger partial charge in [0.05, 0.1) is 11.9 Å². The fourth-order valence-corrected chi connectivity index (χ4v) is 1.36. The van der Waals surface area contributed by atoms with Crippen LogP contribution in [0.25, 0.3) is 5.65 Å². The number of halogens is 3. The van der Waals surface area contributed by atoms with E-state index in [1.807, 2.05) is 14.1 Å². The zero-order valence-corrected chi connectivity index (χ0v) is 10.1. The van der Waals surface area contributed by atoms with Crippen LogP contribution in [0.1, 0.15) is 0 Å². The van der Waals surface area contributed by atoms with Gasteiger partial charge in [-0.3, -0.25) is 10.1 Å². The summed E-state index contributed by atoms with van der Waals surface area (Å²) in [5.74, 6) is -2.49. The number of nitrogens with zero attached hydrogens (tertiary/aromatic N) is 4. The standard InChI is InChI=1S/C10H10F3N5O/c1-17(2)6-3-4-7-14-9(16-18(7)5-6)15-8(19)10(11,12)13/h3-5H,1-2H3,(H,15,16,19). The second-order valence-corrected chi connectivity index (χ2v) is 3.97. The number of rotatable bonds is 2. The van der Waals surface area contributed by atoms with Crippen LogP contribution in [0.3, 0.4) is 0 Å². The van der Waals surface area contributed by atoms with E-state index >= 15 is 0 Å². The first-order valence-electron chi connectivity index (χ1n) is 5.19. The van der Waals surface area contributed by atoms with Crippen molar-refractivity contribution in [2.24, 2.45) is 0 Å². The fraction of sp³-hybridized carbons (Fsp3) is 0.300. The molecule has 0 fully saturated rings. The molecule has 19 heavy (non-hydrogen) atoms. The average Bonchev–Trinajstić information content (AvgIpc) is 2.68. The van der Waals surface area contributed by atoms with Gasteiger partial charge in [0.15, 0.2) is 5.65 Å². The zero-order chi connectivity index (χ0) is 14.2. The minimum atomic E-state index is -4.97. The van der Waals surface area contributed by atoms with Gasteiger partial charge in [-0.15, -0.1) is 5.10 Å². The predicted octanol–water partition coefficient (Wildman–Crippen LogP) is 1.30. The number of carbonyl (C=O) groups is 1. The van der Waals surface area contributed by atoms with Gasteiger partial charge in [-0.05, 0) is 12.1 Å². The van der Waals surface area contributed by atoms with E-state index in [0.717, 1.165) is 5.69 Å². The SMILES string of the molecule is CN(C)c1ccc2nc(NC(=O)C(F)(F)F)nn2c1. The maximum absolute atomic E-state index is 12.1. The van der Waals surface area contributed by atoms with Gasteiger partial charge in [0.1, 0.15) is 0 Å². The third-order valence-electron chi connectivity index (χ3n) is 2.31. The van der Waals surface area contributed by atoms with Crippen molar-refractivity contribution in [1.29, 1.82) is 0 Å². The molecule has 0 aliphatic heterocycles. The molecule has 2 aromatic rings. The first-order chi connectivity index (χ1) is 8.77. The molecule has 0 saturated heterocycles. The molecule has 0 radical (unpaired) electrons. The van der Waals surface area contributed by atoms with Crippen molar-refractivity contribution in [1.82, 2.24) is 14.6 Å². The molecular formula is C10H10F3N5O. The number of aromatic nitrogens is 3. The van der Waals surface area contributed by atoms with Crippen LogP contribution in [0.5, 0.6) is 0 Å². The molecule has 0 saturated carbocycles. The van der Waals surface area contributed by atoms with Gasteiger partial charge in [-0.25, -0.2) is 4.52 Å². The molecule has 2 heterocycles. The Hall–Kier alpha value is -2.32. The van der Waals surface area contributed by atoms with Crippen LogP contribution in [0.4, 0.5) is 24.8 Å². The van der Waals surface area contributed by atoms with Crippen LogP contribution in [0, 0.1) is 0 Å². The lowest BCUT2D eigenvalue weighted by Gasteiger charge is -2.11. The maximum Gasteiger partial charge on any atom is 0.471 e. The highest BCUT2D eigenvalue weighted by Crippen LogP contribution is 2.18. The summed E-state index contributed by atoms with van der Waals surface area (Å²) < 4.78 is 37.5. The van der Waals surface area contributed by atoms with E-state index in [0.29, 0.717) is 5.65 Å². The first kappa shape index (κ1) is 13.1. The molecule has 0 aliphatic rings. The van der Waals surface area contributed by atoms with Crippen LogP contribution in [-0.2, 0) is 4.79 Å². The van der Waals surface area contributed by atoms with Crippen LogP contribution in [0.15, 0.2) is 18.3 Å². The minimum absolute atomic E-state index is 0.336. The Labute approximate surface area is 105 Å². The molecule has 0 aliphatic carbocycles. The number of amides is 1. The van der Waals surface area contributed by atoms with Gasteiger partial charge in [-0.1, -0.05) is 0 Å². The maximum atomic E-state index is 12.1. The lowest BCUT2D eigenvalue weighted by molar-refractivity contribution is -0.167. The number of alkyl halides is 3. The topological polar surface area (TPSA) is 62.5 Å². The van der Waals surface area contributed by atoms with Gasteiger partial charge in [0, 0.05) is 14.1 Å². The summed E-state index contributed by atoms with van der Waals surface area (Å²) in [4.78, 5) is 16.3. The van der Waals surface area contributed by atoms with E-state index in [9.17, 15) is 18.0 Å². The Morgan fingerprint density at radius 2 is 2.05 bits per heavy atom. The molecule has 6 nitrogen and oxygen atoms in total. The highest BCUT2D eigenvalue weighted by Gasteiger charge is 2.39. The summed E-state index contributed by atoms with van der Waals surface area (Å²) in [5, 5.41) is 5.36. The normalized spacial score (nSPS) is 11.6. The molecule has 0 unspecified atom stereocenters. The molecule has 0 atom stereocenters. The smallest absolute Gasteiger partial charge is 0.376 e. The number of carbonyl (C=O) groups excluding carboxylic acids is 1. The molecular weight excluding hydrogens is 263 g/mol. The number of hydrogen-bond donors (Lipinski definition) is 1. The second-order valence-electron chi connectivity index (χ2n) is 3.97. The quantitative estimate of drug-likeness (QED) is 0.895. The van der Waals surface area contributed by atoms with Crippen LogP contribution < -0.4 is 10.2 Å². The van der Waals surface area contributed by atoms with Crippen LogP contribution >= 0.6 is 0 Å². The van der Waals surface area contributed by atoms with Gasteiger partial charge < -0.3 is 4.90 Å². The van der Waals surface area contributed by atoms with E-state index in [1.54, 1.807) is 28.5 Å². The molecule has 0 spiro atoms. The number of nitrogens with one attached hydrogen (secondary N) is 1. The lowest BCUT2D eigenvalue weighted by Crippen LogP contribution is -2.30. The van der Waals surface area contributed by atoms with Crippen molar-refractivity contribution in [3.63, 3.8) is 0 Å². The zero-order valence-electron chi connectivity index (χ0n) is 10.1. The van der Waals surface area contributed by atoms with Gasteiger partial charge in [0.25, 0.3) is 0 Å². The summed E-state index contributed by atoms with van der Waals surface area (Å²) >= 11 is 0. The number of anilines is 2. The summed E-state index contributed by atoms with van der Waals surface area (Å²) in [7, 11) is 3.62. The van der Waals surface area contributed by atoms with Crippen molar-refractivity contribution in [2.75, 3.05) is 24.3 Å². The monoisotopic (exact) mass is 273 g/mol. The summed E-state index contributed by atoms with van der Waals surface area (Å²) in [5.41, 5.74) is 1.13. The molecule has 0 aromatic carbocycles. The Morgan fingerprint density at radius 3 is 2.63 bits per heavy atom. The highest BCUT2D eigenvalue weighted by atomic mass is 19.4. The van der Waals surface area contributed by atoms with Gasteiger partial charge >= 0.3 is 12.1 Å². The second kappa shape index (κ2) is 4.41. The molecule has 2 rings (SSSR count). The van der Waals surface area contributed by atoms with E-state index in [1.165, 1.54) is 4.52 Å². The van der Waals surface area contributed by atoms with Gasteiger partial charge in [-0.2, -0.15) is 18.2 Å². The third kappa shape index (κ3) is 2.75. The van der Waals surface area contributed by atoms with Gasteiger partial charge in [0.2, 0.25) is 5.95 Å². The van der Waals surface area contributed by atoms with Crippen LogP contribution in [-0.4, -0.2) is 40.8 Å². The fourth-order valence-electron chi connectivity index (χ4n) is 1.36.